The lowest BCUT2D eigenvalue weighted by Gasteiger charge is -2.12. The quantitative estimate of drug-likeness (QED) is 0.493. The molecule has 0 aliphatic rings. The Hall–Kier alpha value is -2.46. The molecule has 1 heterocycles. The first-order valence-corrected chi connectivity index (χ1v) is 8.40. The number of hydrogen-bond acceptors (Lipinski definition) is 4. The van der Waals surface area contributed by atoms with Gasteiger partial charge in [-0.15, -0.1) is 0 Å². The predicted octanol–water partition coefficient (Wildman–Crippen LogP) is 4.34. The van der Waals surface area contributed by atoms with Gasteiger partial charge in [-0.2, -0.15) is 18.2 Å². The van der Waals surface area contributed by atoms with Gasteiger partial charge in [0.25, 0.3) is 0 Å². The number of aromatic nitrogens is 2. The molecule has 0 saturated carbocycles. The molecule has 0 N–H and O–H groups in total. The molecule has 0 radical (unpaired) electrons. The number of nitrogens with zero attached hydrogens (tertiary/aromatic N) is 2. The molecule has 2 aromatic carbocycles. The maximum atomic E-state index is 14.2. The Balaban J connectivity index is 1.88. The third-order valence-corrected chi connectivity index (χ3v) is 4.70. The molecule has 1 atom stereocenters. The van der Waals surface area contributed by atoms with E-state index in [9.17, 15) is 26.5 Å². The second-order valence-electron chi connectivity index (χ2n) is 5.14. The van der Waals surface area contributed by atoms with E-state index >= 15 is 0 Å². The molecule has 136 valence electrons. The lowest BCUT2D eigenvalue weighted by Crippen LogP contribution is -2.09. The van der Waals surface area contributed by atoms with Crippen LogP contribution in [-0.4, -0.2) is 14.7 Å². The lowest BCUT2D eigenvalue weighted by molar-refractivity contribution is -0.159. The molecule has 10 heteroatoms. The van der Waals surface area contributed by atoms with Crippen LogP contribution >= 0.6 is 0 Å². The summed E-state index contributed by atoms with van der Waals surface area (Å²) in [7, 11) is 0. The van der Waals surface area contributed by atoms with Crippen molar-refractivity contribution in [2.45, 2.75) is 16.8 Å². The van der Waals surface area contributed by atoms with Gasteiger partial charge in [-0.1, -0.05) is 23.4 Å². The summed E-state index contributed by atoms with van der Waals surface area (Å²) in [5, 5.41) is 3.07. The summed E-state index contributed by atoms with van der Waals surface area (Å²) in [4.78, 5) is 3.47. The predicted molar refractivity (Wildman–Crippen MR) is 81.2 cm³/mol. The Morgan fingerprint density at radius 1 is 1.04 bits per heavy atom. The van der Waals surface area contributed by atoms with Gasteiger partial charge in [0.1, 0.15) is 17.4 Å². The van der Waals surface area contributed by atoms with Gasteiger partial charge < -0.3 is 9.08 Å². The molecule has 0 aliphatic heterocycles. The van der Waals surface area contributed by atoms with Crippen LogP contribution in [-0.2, 0) is 23.1 Å². The molecule has 0 spiro atoms. The van der Waals surface area contributed by atoms with Crippen LogP contribution in [0.15, 0.2) is 51.9 Å². The average molecular weight is 388 g/mol. The molecule has 0 amide bonds. The number of hydrogen-bond donors (Lipinski definition) is 0. The van der Waals surface area contributed by atoms with Gasteiger partial charge in [0.2, 0.25) is 5.82 Å². The first kappa shape index (κ1) is 18.3. The average Bonchev–Trinajstić information content (AvgIpc) is 3.09. The van der Waals surface area contributed by atoms with Crippen molar-refractivity contribution in [1.29, 1.82) is 0 Å². The summed E-state index contributed by atoms with van der Waals surface area (Å²) in [5.74, 6) is -4.79. The molecule has 1 aromatic heterocycles. The molecule has 0 aliphatic carbocycles. The Kier molecular flexibility index (Phi) is 4.97. The van der Waals surface area contributed by atoms with Crippen molar-refractivity contribution < 1.29 is 31.0 Å². The monoisotopic (exact) mass is 388 g/mol. The lowest BCUT2D eigenvalue weighted by atomic mass is 10.1. The second-order valence-corrected chi connectivity index (χ2v) is 6.59. The van der Waals surface area contributed by atoms with Crippen LogP contribution in [0, 0.1) is 11.6 Å². The summed E-state index contributed by atoms with van der Waals surface area (Å²) in [5.41, 5.74) is -0.774. The zero-order valence-corrected chi connectivity index (χ0v) is 13.6. The van der Waals surface area contributed by atoms with Gasteiger partial charge in [-0.05, 0) is 35.4 Å². The Morgan fingerprint density at radius 2 is 1.65 bits per heavy atom. The van der Waals surface area contributed by atoms with E-state index in [4.69, 9.17) is 0 Å². The fraction of sp³-hybridized carbons (Fsp3) is 0.125. The SMILES string of the molecule is [O-][S+](Cc1c(F)cc(-c2noc(C(F)(F)F)n2)cc1F)c1ccccc1. The van der Waals surface area contributed by atoms with Crippen LogP contribution < -0.4 is 0 Å². The molecular weight excluding hydrogens is 379 g/mol. The molecule has 3 rings (SSSR count). The van der Waals surface area contributed by atoms with Gasteiger partial charge in [-0.3, -0.25) is 0 Å². The maximum Gasteiger partial charge on any atom is 0.471 e. The molecule has 0 fully saturated rings. The molecule has 0 bridgehead atoms. The Bertz CT molecular complexity index is 891. The minimum absolute atomic E-state index is 0.325. The molecule has 4 nitrogen and oxygen atoms in total. The van der Waals surface area contributed by atoms with Crippen LogP contribution in [0.2, 0.25) is 0 Å². The minimum Gasteiger partial charge on any atom is -0.611 e. The van der Waals surface area contributed by atoms with Gasteiger partial charge >= 0.3 is 12.1 Å². The van der Waals surface area contributed by atoms with Gasteiger partial charge in [0, 0.05) is 5.56 Å². The third-order valence-electron chi connectivity index (χ3n) is 3.35. The van der Waals surface area contributed by atoms with E-state index in [2.05, 4.69) is 14.7 Å². The molecule has 0 saturated heterocycles. The highest BCUT2D eigenvalue weighted by atomic mass is 32.2. The van der Waals surface area contributed by atoms with Crippen LogP contribution in [0.3, 0.4) is 0 Å². The van der Waals surface area contributed by atoms with E-state index in [0.717, 1.165) is 12.1 Å². The highest BCUT2D eigenvalue weighted by Gasteiger charge is 2.38. The third kappa shape index (κ3) is 3.86. The van der Waals surface area contributed by atoms with Crippen LogP contribution in [0.25, 0.3) is 11.4 Å². The van der Waals surface area contributed by atoms with Gasteiger partial charge in [0.05, 0.1) is 5.56 Å². The Labute approximate surface area is 146 Å². The zero-order valence-electron chi connectivity index (χ0n) is 12.8. The first-order valence-electron chi connectivity index (χ1n) is 7.08. The summed E-state index contributed by atoms with van der Waals surface area (Å²) in [6.45, 7) is 0. The number of rotatable bonds is 4. The van der Waals surface area contributed by atoms with Crippen molar-refractivity contribution in [3.8, 4) is 11.4 Å². The fourth-order valence-corrected chi connectivity index (χ4v) is 3.28. The number of alkyl halides is 3. The molecule has 1 unspecified atom stereocenters. The van der Waals surface area contributed by atoms with Crippen molar-refractivity contribution in [2.24, 2.45) is 0 Å². The van der Waals surface area contributed by atoms with Crippen LogP contribution in [0.5, 0.6) is 0 Å². The van der Waals surface area contributed by atoms with E-state index in [1.54, 1.807) is 30.3 Å². The van der Waals surface area contributed by atoms with Crippen LogP contribution in [0.4, 0.5) is 22.0 Å². The molecular formula is C16H9F5N2O2S. The topological polar surface area (TPSA) is 62.0 Å². The highest BCUT2D eigenvalue weighted by molar-refractivity contribution is 7.90. The largest absolute Gasteiger partial charge is 0.611 e. The van der Waals surface area contributed by atoms with E-state index in [1.165, 1.54) is 0 Å². The van der Waals surface area contributed by atoms with Gasteiger partial charge in [-0.25, -0.2) is 8.78 Å². The van der Waals surface area contributed by atoms with E-state index in [-0.39, 0.29) is 5.56 Å². The highest BCUT2D eigenvalue weighted by Crippen LogP contribution is 2.30. The first-order chi connectivity index (χ1) is 12.3. The van der Waals surface area contributed by atoms with Crippen molar-refractivity contribution in [2.75, 3.05) is 0 Å². The maximum absolute atomic E-state index is 14.2. The molecule has 3 aromatic rings. The minimum atomic E-state index is -4.87. The fourth-order valence-electron chi connectivity index (χ4n) is 2.11. The van der Waals surface area contributed by atoms with E-state index in [0.29, 0.717) is 4.90 Å². The number of benzene rings is 2. The second kappa shape index (κ2) is 7.04. The normalized spacial score (nSPS) is 13.0. The van der Waals surface area contributed by atoms with E-state index < -0.39 is 52.0 Å². The summed E-state index contributed by atoms with van der Waals surface area (Å²) in [6.07, 6.45) is -4.87. The summed E-state index contributed by atoms with van der Waals surface area (Å²) < 4.78 is 82.1. The van der Waals surface area contributed by atoms with Crippen LogP contribution in [0.1, 0.15) is 11.5 Å². The number of halogens is 5. The van der Waals surface area contributed by atoms with Crippen molar-refractivity contribution in [3.63, 3.8) is 0 Å². The van der Waals surface area contributed by atoms with E-state index in [1.807, 2.05) is 0 Å². The summed E-state index contributed by atoms with van der Waals surface area (Å²) >= 11 is -1.69. The molecule has 26 heavy (non-hydrogen) atoms. The summed E-state index contributed by atoms with van der Waals surface area (Å²) in [6, 6.07) is 9.62. The zero-order chi connectivity index (χ0) is 18.9. The van der Waals surface area contributed by atoms with Gasteiger partial charge in [0.15, 0.2) is 4.90 Å². The Morgan fingerprint density at radius 3 is 2.19 bits per heavy atom. The standard InChI is InChI=1S/C16H9F5N2O2S/c17-12-6-9(14-22-15(25-23-14)16(19,20)21)7-13(18)11(12)8-26(24)10-4-2-1-3-5-10/h1-7H,8H2. The van der Waals surface area contributed by atoms with Crippen molar-refractivity contribution >= 4 is 11.2 Å². The van der Waals surface area contributed by atoms with Crippen molar-refractivity contribution in [1.82, 2.24) is 10.1 Å². The smallest absolute Gasteiger partial charge is 0.471 e. The van der Waals surface area contributed by atoms with Crippen molar-refractivity contribution in [3.05, 3.63) is 65.6 Å².